The summed E-state index contributed by atoms with van der Waals surface area (Å²) in [5, 5.41) is 28.8. The summed E-state index contributed by atoms with van der Waals surface area (Å²) in [6.45, 7) is 0.391. The fourth-order valence-corrected chi connectivity index (χ4v) is 4.40. The van der Waals surface area contributed by atoms with E-state index in [0.29, 0.717) is 36.8 Å². The SMILES string of the molecule is O=C(O)CCCCSCc1c(O)[nH]c(=O)n1CCC(O)C1CCCC1. The van der Waals surface area contributed by atoms with Crippen LogP contribution in [0.4, 0.5) is 0 Å². The zero-order chi connectivity index (χ0) is 18.2. The fourth-order valence-electron chi connectivity index (χ4n) is 3.36. The van der Waals surface area contributed by atoms with Gasteiger partial charge in [0.15, 0.2) is 0 Å². The van der Waals surface area contributed by atoms with Crippen LogP contribution in [0.25, 0.3) is 0 Å². The summed E-state index contributed by atoms with van der Waals surface area (Å²) in [4.78, 5) is 24.9. The lowest BCUT2D eigenvalue weighted by molar-refractivity contribution is -0.137. The van der Waals surface area contributed by atoms with Crippen LogP contribution in [0.1, 0.15) is 57.1 Å². The van der Waals surface area contributed by atoms with Crippen molar-refractivity contribution in [3.8, 4) is 5.88 Å². The Balaban J connectivity index is 1.82. The van der Waals surface area contributed by atoms with Gasteiger partial charge >= 0.3 is 11.7 Å². The maximum absolute atomic E-state index is 12.0. The molecule has 1 atom stereocenters. The molecule has 1 heterocycles. The molecule has 1 fully saturated rings. The van der Waals surface area contributed by atoms with Gasteiger partial charge in [0.2, 0.25) is 5.88 Å². The standard InChI is InChI=1S/C17H28N2O5S/c20-14(12-5-1-2-6-12)8-9-19-13(16(23)18-17(19)24)11-25-10-4-3-7-15(21)22/h12,14,20,23H,1-11H2,(H,18,24)(H,21,22). The zero-order valence-electron chi connectivity index (χ0n) is 14.4. The number of aliphatic carboxylic acids is 1. The Morgan fingerprint density at radius 2 is 2.04 bits per heavy atom. The first kappa shape index (κ1) is 19.9. The van der Waals surface area contributed by atoms with Crippen LogP contribution in [0.2, 0.25) is 0 Å². The quantitative estimate of drug-likeness (QED) is 0.443. The molecule has 0 radical (unpaired) electrons. The third-order valence-electron chi connectivity index (χ3n) is 4.83. The molecule has 0 aliphatic heterocycles. The normalized spacial score (nSPS) is 16.4. The number of carbonyl (C=O) groups is 1. The van der Waals surface area contributed by atoms with Crippen LogP contribution in [-0.2, 0) is 17.1 Å². The van der Waals surface area contributed by atoms with Crippen molar-refractivity contribution < 1.29 is 20.1 Å². The third-order valence-corrected chi connectivity index (χ3v) is 5.89. The molecule has 1 aromatic rings. The van der Waals surface area contributed by atoms with Crippen molar-refractivity contribution >= 4 is 17.7 Å². The topological polar surface area (TPSA) is 116 Å². The number of carboxylic acids is 1. The number of nitrogens with zero attached hydrogens (tertiary/aromatic N) is 1. The molecular formula is C17H28N2O5S. The predicted molar refractivity (Wildman–Crippen MR) is 96.9 cm³/mol. The molecule has 2 rings (SSSR count). The second-order valence-electron chi connectivity index (χ2n) is 6.68. The van der Waals surface area contributed by atoms with Crippen LogP contribution in [0.15, 0.2) is 4.79 Å². The van der Waals surface area contributed by atoms with Crippen molar-refractivity contribution in [2.75, 3.05) is 5.75 Å². The van der Waals surface area contributed by atoms with Gasteiger partial charge in [-0.2, -0.15) is 11.8 Å². The number of carboxylic acid groups (broad SMARTS) is 1. The van der Waals surface area contributed by atoms with Crippen molar-refractivity contribution in [3.05, 3.63) is 16.2 Å². The van der Waals surface area contributed by atoms with Gasteiger partial charge in [-0.05, 0) is 43.8 Å². The van der Waals surface area contributed by atoms with Crippen molar-refractivity contribution in [3.63, 3.8) is 0 Å². The van der Waals surface area contributed by atoms with Crippen LogP contribution >= 0.6 is 11.8 Å². The second kappa shape index (κ2) is 9.91. The molecule has 0 spiro atoms. The average molecular weight is 372 g/mol. The van der Waals surface area contributed by atoms with E-state index in [2.05, 4.69) is 4.98 Å². The van der Waals surface area contributed by atoms with Gasteiger partial charge in [0.25, 0.3) is 0 Å². The summed E-state index contributed by atoms with van der Waals surface area (Å²) in [5.41, 5.74) is 0.199. The Kier molecular flexibility index (Phi) is 7.90. The largest absolute Gasteiger partial charge is 0.493 e. The van der Waals surface area contributed by atoms with E-state index in [1.54, 1.807) is 11.8 Å². The van der Waals surface area contributed by atoms with Gasteiger partial charge in [-0.15, -0.1) is 0 Å². The van der Waals surface area contributed by atoms with Crippen LogP contribution in [0.5, 0.6) is 5.88 Å². The minimum absolute atomic E-state index is 0.113. The fraction of sp³-hybridized carbons (Fsp3) is 0.765. The number of aromatic nitrogens is 2. The van der Waals surface area contributed by atoms with E-state index < -0.39 is 12.1 Å². The molecule has 0 saturated heterocycles. The Morgan fingerprint density at radius 1 is 1.32 bits per heavy atom. The number of nitrogens with one attached hydrogen (secondary N) is 1. The molecule has 8 heteroatoms. The lowest BCUT2D eigenvalue weighted by atomic mass is 9.98. The first-order valence-electron chi connectivity index (χ1n) is 8.97. The lowest BCUT2D eigenvalue weighted by Crippen LogP contribution is -2.25. The van der Waals surface area contributed by atoms with Gasteiger partial charge in [-0.25, -0.2) is 4.79 Å². The average Bonchev–Trinajstić information content (AvgIpc) is 3.17. The number of unbranched alkanes of at least 4 members (excludes halogenated alkanes) is 1. The molecule has 1 unspecified atom stereocenters. The maximum Gasteiger partial charge on any atom is 0.328 e. The molecule has 1 saturated carbocycles. The second-order valence-corrected chi connectivity index (χ2v) is 7.79. The van der Waals surface area contributed by atoms with E-state index in [1.807, 2.05) is 0 Å². The highest BCUT2D eigenvalue weighted by molar-refractivity contribution is 7.98. The molecule has 4 N–H and O–H groups in total. The Morgan fingerprint density at radius 3 is 2.72 bits per heavy atom. The summed E-state index contributed by atoms with van der Waals surface area (Å²) < 4.78 is 1.51. The molecular weight excluding hydrogens is 344 g/mol. The van der Waals surface area contributed by atoms with Crippen molar-refractivity contribution in [1.29, 1.82) is 0 Å². The smallest absolute Gasteiger partial charge is 0.328 e. The van der Waals surface area contributed by atoms with Gasteiger partial charge in [0.05, 0.1) is 11.8 Å². The van der Waals surface area contributed by atoms with Crippen molar-refractivity contribution in [1.82, 2.24) is 9.55 Å². The minimum Gasteiger partial charge on any atom is -0.493 e. The molecule has 0 bridgehead atoms. The summed E-state index contributed by atoms with van der Waals surface area (Å²) in [6.07, 6.45) is 6.11. The molecule has 1 aliphatic rings. The van der Waals surface area contributed by atoms with Crippen molar-refractivity contribution in [2.24, 2.45) is 5.92 Å². The Bertz CT molecular complexity index is 607. The van der Waals surface area contributed by atoms with E-state index in [-0.39, 0.29) is 18.0 Å². The first-order valence-corrected chi connectivity index (χ1v) is 10.1. The summed E-state index contributed by atoms with van der Waals surface area (Å²) in [6, 6.07) is 0. The van der Waals surface area contributed by atoms with Gasteiger partial charge in [-0.1, -0.05) is 12.8 Å². The van der Waals surface area contributed by atoms with E-state index in [0.717, 1.165) is 37.9 Å². The zero-order valence-corrected chi connectivity index (χ0v) is 15.3. The van der Waals surface area contributed by atoms with Gasteiger partial charge in [-0.3, -0.25) is 14.3 Å². The van der Waals surface area contributed by atoms with Gasteiger partial charge in [0, 0.05) is 18.7 Å². The number of thioether (sulfide) groups is 1. The first-order chi connectivity index (χ1) is 12.0. The molecule has 1 aromatic heterocycles. The number of hydrogen-bond donors (Lipinski definition) is 4. The minimum atomic E-state index is -0.789. The summed E-state index contributed by atoms with van der Waals surface area (Å²) in [5.74, 6) is 0.685. The molecule has 0 amide bonds. The Labute approximate surface area is 151 Å². The number of aromatic amines is 1. The highest BCUT2D eigenvalue weighted by Gasteiger charge is 2.23. The number of aliphatic hydroxyl groups is 1. The van der Waals surface area contributed by atoms with E-state index in [1.165, 1.54) is 4.57 Å². The van der Waals surface area contributed by atoms with Gasteiger partial charge in [0.1, 0.15) is 0 Å². The number of imidazole rings is 1. The van der Waals surface area contributed by atoms with E-state index in [4.69, 9.17) is 5.11 Å². The van der Waals surface area contributed by atoms with E-state index in [9.17, 15) is 19.8 Å². The highest BCUT2D eigenvalue weighted by atomic mass is 32.2. The van der Waals surface area contributed by atoms with Crippen LogP contribution in [-0.4, -0.2) is 42.7 Å². The van der Waals surface area contributed by atoms with Crippen molar-refractivity contribution in [2.45, 2.75) is 69.8 Å². The molecule has 7 nitrogen and oxygen atoms in total. The third kappa shape index (κ3) is 6.11. The van der Waals surface area contributed by atoms with Crippen LogP contribution in [0, 0.1) is 5.92 Å². The molecule has 0 aromatic carbocycles. The number of rotatable bonds is 11. The van der Waals surface area contributed by atoms with Crippen LogP contribution < -0.4 is 5.69 Å². The highest BCUT2D eigenvalue weighted by Crippen LogP contribution is 2.29. The molecule has 142 valence electrons. The van der Waals surface area contributed by atoms with Crippen LogP contribution in [0.3, 0.4) is 0 Å². The Hall–Kier alpha value is -1.41. The number of hydrogen-bond acceptors (Lipinski definition) is 5. The molecule has 25 heavy (non-hydrogen) atoms. The number of H-pyrrole nitrogens is 1. The lowest BCUT2D eigenvalue weighted by Gasteiger charge is -2.18. The summed E-state index contributed by atoms with van der Waals surface area (Å²) in [7, 11) is 0. The van der Waals surface area contributed by atoms with Gasteiger partial charge < -0.3 is 15.3 Å². The predicted octanol–water partition coefficient (Wildman–Crippen LogP) is 2.31. The summed E-state index contributed by atoms with van der Waals surface area (Å²) >= 11 is 1.56. The molecule has 1 aliphatic carbocycles. The number of aromatic hydroxyl groups is 1. The monoisotopic (exact) mass is 372 g/mol. The number of aliphatic hydroxyl groups excluding tert-OH is 1. The maximum atomic E-state index is 12.0. The van der Waals surface area contributed by atoms with E-state index >= 15 is 0 Å².